The van der Waals surface area contributed by atoms with Crippen molar-refractivity contribution in [3.63, 3.8) is 0 Å². The van der Waals surface area contributed by atoms with Crippen LogP contribution in [0.15, 0.2) is 0 Å². The topological polar surface area (TPSA) is 20.2 Å². The van der Waals surface area contributed by atoms with Gasteiger partial charge in [0.1, 0.15) is 0 Å². The highest BCUT2D eigenvalue weighted by Gasteiger charge is 1.96. The zero-order valence-corrected chi connectivity index (χ0v) is 5.28. The van der Waals surface area contributed by atoms with Gasteiger partial charge in [-0.25, -0.2) is 0 Å². The molecule has 0 amide bonds. The summed E-state index contributed by atoms with van der Waals surface area (Å²) in [6.45, 7) is 2.02. The van der Waals surface area contributed by atoms with Crippen molar-refractivity contribution in [1.29, 1.82) is 0 Å². The summed E-state index contributed by atoms with van der Waals surface area (Å²) in [5.74, 6) is 0.369. The third-order valence-corrected chi connectivity index (χ3v) is 1.16. The summed E-state index contributed by atoms with van der Waals surface area (Å²) in [6.07, 6.45) is 1.55. The predicted octanol–water partition coefficient (Wildman–Crippen LogP) is 1.39. The standard InChI is InChI=1S/C5H11ClO/c1-2-3-5(7)4-6/h5,7H,2-4H2,1H3. The van der Waals surface area contributed by atoms with Gasteiger partial charge in [-0.05, 0) is 6.42 Å². The summed E-state index contributed by atoms with van der Waals surface area (Å²) in [5.41, 5.74) is 0. The summed E-state index contributed by atoms with van der Waals surface area (Å²) in [5, 5.41) is 8.73. The van der Waals surface area contributed by atoms with Gasteiger partial charge in [0.2, 0.25) is 0 Å². The van der Waals surface area contributed by atoms with Gasteiger partial charge >= 0.3 is 0 Å². The van der Waals surface area contributed by atoms with Crippen molar-refractivity contribution in [2.75, 3.05) is 5.88 Å². The highest BCUT2D eigenvalue weighted by atomic mass is 35.5. The molecule has 0 saturated heterocycles. The first-order chi connectivity index (χ1) is 3.31. The Morgan fingerprint density at radius 3 is 2.43 bits per heavy atom. The molecule has 44 valence electrons. The fraction of sp³-hybridized carbons (Fsp3) is 1.00. The molecule has 0 fully saturated rings. The first-order valence-corrected chi connectivity index (χ1v) is 3.08. The molecule has 0 aromatic heterocycles. The molecule has 0 aromatic carbocycles. The lowest BCUT2D eigenvalue weighted by Gasteiger charge is -2.00. The van der Waals surface area contributed by atoms with Crippen molar-refractivity contribution in [3.8, 4) is 0 Å². The Bertz CT molecular complexity index is 39.1. The number of aliphatic hydroxyl groups is 1. The molecular formula is C5H11ClO. The lowest BCUT2D eigenvalue weighted by molar-refractivity contribution is 0.187. The molecule has 2 heteroatoms. The summed E-state index contributed by atoms with van der Waals surface area (Å²) < 4.78 is 0. The summed E-state index contributed by atoms with van der Waals surface area (Å²) in [7, 11) is 0. The lowest BCUT2D eigenvalue weighted by Crippen LogP contribution is -2.06. The number of hydrogen-bond acceptors (Lipinski definition) is 1. The van der Waals surface area contributed by atoms with Crippen molar-refractivity contribution in [1.82, 2.24) is 0 Å². The normalized spacial score (nSPS) is 14.1. The minimum atomic E-state index is -0.285. The van der Waals surface area contributed by atoms with E-state index in [2.05, 4.69) is 0 Å². The van der Waals surface area contributed by atoms with E-state index in [4.69, 9.17) is 16.7 Å². The second-order valence-corrected chi connectivity index (χ2v) is 1.91. The summed E-state index contributed by atoms with van der Waals surface area (Å²) in [4.78, 5) is 0. The van der Waals surface area contributed by atoms with E-state index >= 15 is 0 Å². The van der Waals surface area contributed by atoms with Crippen molar-refractivity contribution < 1.29 is 5.11 Å². The molecule has 1 atom stereocenters. The van der Waals surface area contributed by atoms with Crippen LogP contribution in [0.2, 0.25) is 0 Å². The van der Waals surface area contributed by atoms with Crippen LogP contribution < -0.4 is 0 Å². The van der Waals surface area contributed by atoms with Gasteiger partial charge in [0, 0.05) is 5.88 Å². The van der Waals surface area contributed by atoms with Gasteiger partial charge in [0.25, 0.3) is 0 Å². The lowest BCUT2D eigenvalue weighted by atomic mass is 10.2. The van der Waals surface area contributed by atoms with Crippen molar-refractivity contribution in [3.05, 3.63) is 0 Å². The maximum absolute atomic E-state index is 8.73. The van der Waals surface area contributed by atoms with E-state index in [1.54, 1.807) is 0 Å². The van der Waals surface area contributed by atoms with E-state index in [0.717, 1.165) is 12.8 Å². The fourth-order valence-electron chi connectivity index (χ4n) is 0.410. The Hall–Kier alpha value is 0.250. The zero-order chi connectivity index (χ0) is 5.70. The maximum atomic E-state index is 8.73. The van der Waals surface area contributed by atoms with Crippen LogP contribution >= 0.6 is 11.6 Å². The van der Waals surface area contributed by atoms with Gasteiger partial charge in [-0.3, -0.25) is 0 Å². The molecule has 1 nitrogen and oxygen atoms in total. The highest BCUT2D eigenvalue weighted by molar-refractivity contribution is 6.18. The van der Waals surface area contributed by atoms with Gasteiger partial charge in [-0.1, -0.05) is 13.3 Å². The van der Waals surface area contributed by atoms with Gasteiger partial charge in [-0.2, -0.15) is 0 Å². The molecule has 0 saturated carbocycles. The second-order valence-electron chi connectivity index (χ2n) is 1.60. The van der Waals surface area contributed by atoms with Crippen LogP contribution in [0.4, 0.5) is 0 Å². The Kier molecular flexibility index (Phi) is 4.57. The monoisotopic (exact) mass is 122 g/mol. The summed E-state index contributed by atoms with van der Waals surface area (Å²) in [6, 6.07) is 0. The number of alkyl halides is 1. The zero-order valence-electron chi connectivity index (χ0n) is 4.52. The third-order valence-electron chi connectivity index (χ3n) is 0.800. The van der Waals surface area contributed by atoms with E-state index in [0.29, 0.717) is 5.88 Å². The Labute approximate surface area is 49.3 Å². The van der Waals surface area contributed by atoms with E-state index in [9.17, 15) is 0 Å². The van der Waals surface area contributed by atoms with Gasteiger partial charge in [0.05, 0.1) is 6.10 Å². The minimum absolute atomic E-state index is 0.285. The van der Waals surface area contributed by atoms with Crippen LogP contribution in [-0.2, 0) is 0 Å². The van der Waals surface area contributed by atoms with Crippen LogP contribution in [0.5, 0.6) is 0 Å². The van der Waals surface area contributed by atoms with Gasteiger partial charge < -0.3 is 5.11 Å². The van der Waals surface area contributed by atoms with E-state index in [1.165, 1.54) is 0 Å². The molecule has 7 heavy (non-hydrogen) atoms. The molecule has 1 unspecified atom stereocenters. The van der Waals surface area contributed by atoms with Crippen molar-refractivity contribution >= 4 is 11.6 Å². The molecule has 0 radical (unpaired) electrons. The Morgan fingerprint density at radius 2 is 2.29 bits per heavy atom. The Morgan fingerprint density at radius 1 is 1.71 bits per heavy atom. The van der Waals surface area contributed by atoms with E-state index in [-0.39, 0.29) is 6.10 Å². The molecule has 0 heterocycles. The average molecular weight is 123 g/mol. The van der Waals surface area contributed by atoms with Crippen LogP contribution in [0.25, 0.3) is 0 Å². The second kappa shape index (κ2) is 4.41. The van der Waals surface area contributed by atoms with Crippen LogP contribution in [0.1, 0.15) is 19.8 Å². The molecule has 0 spiro atoms. The smallest absolute Gasteiger partial charge is 0.0675 e. The first-order valence-electron chi connectivity index (χ1n) is 2.55. The fourth-order valence-corrected chi connectivity index (χ4v) is 0.565. The molecule has 0 aliphatic rings. The molecule has 0 aliphatic carbocycles. The average Bonchev–Trinajstić information content (AvgIpc) is 1.68. The molecule has 0 bridgehead atoms. The highest BCUT2D eigenvalue weighted by Crippen LogP contribution is 1.96. The minimum Gasteiger partial charge on any atom is -0.392 e. The predicted molar refractivity (Wildman–Crippen MR) is 31.6 cm³/mol. The van der Waals surface area contributed by atoms with E-state index < -0.39 is 0 Å². The van der Waals surface area contributed by atoms with Crippen molar-refractivity contribution in [2.45, 2.75) is 25.9 Å². The largest absolute Gasteiger partial charge is 0.392 e. The van der Waals surface area contributed by atoms with Gasteiger partial charge in [-0.15, -0.1) is 11.6 Å². The molecule has 0 rings (SSSR count). The first kappa shape index (κ1) is 7.25. The van der Waals surface area contributed by atoms with Crippen molar-refractivity contribution in [2.24, 2.45) is 0 Å². The third kappa shape index (κ3) is 4.10. The molecule has 1 N–H and O–H groups in total. The SMILES string of the molecule is CCCC(O)CCl. The number of aliphatic hydroxyl groups excluding tert-OH is 1. The number of hydrogen-bond donors (Lipinski definition) is 1. The molecule has 0 aliphatic heterocycles. The number of rotatable bonds is 3. The van der Waals surface area contributed by atoms with E-state index in [1.807, 2.05) is 6.92 Å². The van der Waals surface area contributed by atoms with Crippen LogP contribution in [0.3, 0.4) is 0 Å². The quantitative estimate of drug-likeness (QED) is 0.561. The van der Waals surface area contributed by atoms with Crippen LogP contribution in [0, 0.1) is 0 Å². The summed E-state index contributed by atoms with van der Waals surface area (Å²) >= 11 is 5.28. The molecule has 0 aromatic rings. The Balaban J connectivity index is 2.83. The molecular weight excluding hydrogens is 112 g/mol. The van der Waals surface area contributed by atoms with Gasteiger partial charge in [0.15, 0.2) is 0 Å². The maximum Gasteiger partial charge on any atom is 0.0675 e. The number of halogens is 1. The van der Waals surface area contributed by atoms with Crippen LogP contribution in [-0.4, -0.2) is 17.1 Å².